The molecule has 0 unspecified atom stereocenters. The van der Waals surface area contributed by atoms with E-state index in [4.69, 9.17) is 4.74 Å². The van der Waals surface area contributed by atoms with Crippen molar-refractivity contribution in [1.82, 2.24) is 14.9 Å². The van der Waals surface area contributed by atoms with E-state index < -0.39 is 5.82 Å². The molecule has 0 spiro atoms. The van der Waals surface area contributed by atoms with Gasteiger partial charge in [-0.2, -0.15) is 0 Å². The van der Waals surface area contributed by atoms with Crippen molar-refractivity contribution < 1.29 is 13.9 Å². The van der Waals surface area contributed by atoms with E-state index in [1.165, 1.54) is 12.1 Å². The van der Waals surface area contributed by atoms with Crippen LogP contribution in [0.4, 0.5) is 4.39 Å². The van der Waals surface area contributed by atoms with Gasteiger partial charge in [-0.15, -0.1) is 0 Å². The number of nitrogens with zero attached hydrogens (tertiary/aromatic N) is 3. The zero-order valence-corrected chi connectivity index (χ0v) is 13.4. The lowest BCUT2D eigenvalue weighted by atomic mass is 10.1. The Bertz CT molecular complexity index is 917. The molecule has 1 fully saturated rings. The summed E-state index contributed by atoms with van der Waals surface area (Å²) in [5.41, 5.74) is 0.808. The monoisotopic (exact) mass is 337 g/mol. The third-order valence-electron chi connectivity index (χ3n) is 4.27. The lowest BCUT2D eigenvalue weighted by Crippen LogP contribution is -2.31. The number of benzene rings is 1. The normalized spacial score (nSPS) is 17.0. The van der Waals surface area contributed by atoms with Gasteiger partial charge in [-0.1, -0.05) is 6.07 Å². The molecule has 4 rings (SSSR count). The van der Waals surface area contributed by atoms with Gasteiger partial charge in [0.1, 0.15) is 17.7 Å². The maximum atomic E-state index is 13.9. The first-order valence-corrected chi connectivity index (χ1v) is 8.11. The van der Waals surface area contributed by atoms with E-state index in [0.29, 0.717) is 29.7 Å². The van der Waals surface area contributed by atoms with E-state index in [0.717, 1.165) is 6.42 Å². The van der Waals surface area contributed by atoms with Gasteiger partial charge >= 0.3 is 0 Å². The van der Waals surface area contributed by atoms with Gasteiger partial charge in [0.25, 0.3) is 5.91 Å². The number of amides is 1. The number of carbonyl (C=O) groups is 1. The Kier molecular flexibility index (Phi) is 4.01. The SMILES string of the molecule is O=C(c1cc(F)cc2cccnc12)N1CC[C@@H](Oc2cccnc2)C1. The van der Waals surface area contributed by atoms with Crippen molar-refractivity contribution in [3.05, 3.63) is 66.4 Å². The predicted molar refractivity (Wildman–Crippen MR) is 90.9 cm³/mol. The van der Waals surface area contributed by atoms with Crippen LogP contribution < -0.4 is 4.74 Å². The van der Waals surface area contributed by atoms with Crippen LogP contribution in [0.3, 0.4) is 0 Å². The number of pyridine rings is 2. The van der Waals surface area contributed by atoms with Crippen LogP contribution in [0, 0.1) is 5.82 Å². The lowest BCUT2D eigenvalue weighted by Gasteiger charge is -2.18. The molecule has 1 aliphatic rings. The fraction of sp³-hybridized carbons (Fsp3) is 0.211. The zero-order chi connectivity index (χ0) is 17.2. The van der Waals surface area contributed by atoms with Gasteiger partial charge in [-0.05, 0) is 30.3 Å². The van der Waals surface area contributed by atoms with Crippen molar-refractivity contribution in [3.63, 3.8) is 0 Å². The first kappa shape index (κ1) is 15.5. The second kappa shape index (κ2) is 6.47. The number of hydrogen-bond donors (Lipinski definition) is 0. The van der Waals surface area contributed by atoms with Crippen LogP contribution in [0.2, 0.25) is 0 Å². The summed E-state index contributed by atoms with van der Waals surface area (Å²) in [5.74, 6) is 0.0198. The number of likely N-dealkylation sites (tertiary alicyclic amines) is 1. The fourth-order valence-corrected chi connectivity index (χ4v) is 3.11. The Morgan fingerprint density at radius 2 is 2.12 bits per heavy atom. The average molecular weight is 337 g/mol. The Hall–Kier alpha value is -3.02. The fourth-order valence-electron chi connectivity index (χ4n) is 3.11. The van der Waals surface area contributed by atoms with E-state index in [9.17, 15) is 9.18 Å². The van der Waals surface area contributed by atoms with Gasteiger partial charge in [0.2, 0.25) is 0 Å². The summed E-state index contributed by atoms with van der Waals surface area (Å²) < 4.78 is 19.7. The van der Waals surface area contributed by atoms with Gasteiger partial charge in [0.05, 0.1) is 23.8 Å². The molecule has 1 amide bonds. The van der Waals surface area contributed by atoms with Crippen molar-refractivity contribution in [2.45, 2.75) is 12.5 Å². The number of halogens is 1. The summed E-state index contributed by atoms with van der Waals surface area (Å²) in [5, 5.41) is 0.619. The van der Waals surface area contributed by atoms with Crippen LogP contribution in [0.15, 0.2) is 55.0 Å². The second-order valence-corrected chi connectivity index (χ2v) is 6.00. The Morgan fingerprint density at radius 3 is 2.96 bits per heavy atom. The maximum Gasteiger partial charge on any atom is 0.256 e. The summed E-state index contributed by atoms with van der Waals surface area (Å²) in [4.78, 5) is 22.8. The zero-order valence-electron chi connectivity index (χ0n) is 13.4. The average Bonchev–Trinajstić information content (AvgIpc) is 3.09. The minimum absolute atomic E-state index is 0.0964. The van der Waals surface area contributed by atoms with Gasteiger partial charge in [0.15, 0.2) is 0 Å². The van der Waals surface area contributed by atoms with Gasteiger partial charge in [0, 0.05) is 30.7 Å². The molecule has 0 saturated carbocycles. The Balaban J connectivity index is 1.54. The summed E-state index contributed by atoms with van der Waals surface area (Å²) in [6, 6.07) is 9.76. The van der Waals surface area contributed by atoms with Crippen molar-refractivity contribution in [2.75, 3.05) is 13.1 Å². The molecule has 25 heavy (non-hydrogen) atoms. The number of aromatic nitrogens is 2. The highest BCUT2D eigenvalue weighted by atomic mass is 19.1. The molecule has 2 aromatic heterocycles. The standard InChI is InChI=1S/C19H16FN3O2/c20-14-9-13-3-1-7-22-18(13)17(10-14)19(24)23-8-5-16(12-23)25-15-4-2-6-21-11-15/h1-4,6-7,9-11,16H,5,8,12H2/t16-/m1/s1. The largest absolute Gasteiger partial charge is 0.487 e. The molecule has 5 nitrogen and oxygen atoms in total. The van der Waals surface area contributed by atoms with E-state index in [1.807, 2.05) is 6.07 Å². The molecule has 1 saturated heterocycles. The highest BCUT2D eigenvalue weighted by Crippen LogP contribution is 2.23. The topological polar surface area (TPSA) is 55.3 Å². The van der Waals surface area contributed by atoms with Crippen LogP contribution >= 0.6 is 0 Å². The molecule has 0 N–H and O–H groups in total. The molecular weight excluding hydrogens is 321 g/mol. The number of hydrogen-bond acceptors (Lipinski definition) is 4. The van der Waals surface area contributed by atoms with Gasteiger partial charge in [-0.3, -0.25) is 14.8 Å². The maximum absolute atomic E-state index is 13.9. The van der Waals surface area contributed by atoms with Crippen LogP contribution in [-0.2, 0) is 0 Å². The quantitative estimate of drug-likeness (QED) is 0.737. The van der Waals surface area contributed by atoms with Crippen LogP contribution in [-0.4, -0.2) is 40.0 Å². The van der Waals surface area contributed by atoms with E-state index in [-0.39, 0.29) is 17.6 Å². The van der Waals surface area contributed by atoms with Crippen LogP contribution in [0.5, 0.6) is 5.75 Å². The summed E-state index contributed by atoms with van der Waals surface area (Å²) >= 11 is 0. The van der Waals surface area contributed by atoms with Gasteiger partial charge in [-0.25, -0.2) is 4.39 Å². The minimum Gasteiger partial charge on any atom is -0.487 e. The molecule has 6 heteroatoms. The molecule has 0 radical (unpaired) electrons. The molecule has 0 aliphatic carbocycles. The predicted octanol–water partition coefficient (Wildman–Crippen LogP) is 3.06. The molecule has 3 heterocycles. The molecule has 126 valence electrons. The molecule has 3 aromatic rings. The van der Waals surface area contributed by atoms with Crippen molar-refractivity contribution in [1.29, 1.82) is 0 Å². The summed E-state index contributed by atoms with van der Waals surface area (Å²) in [6.07, 6.45) is 5.56. The van der Waals surface area contributed by atoms with Crippen LogP contribution in [0.25, 0.3) is 10.9 Å². The van der Waals surface area contributed by atoms with Crippen molar-refractivity contribution in [3.8, 4) is 5.75 Å². The molecule has 1 atom stereocenters. The summed E-state index contributed by atoms with van der Waals surface area (Å²) in [7, 11) is 0. The summed E-state index contributed by atoms with van der Waals surface area (Å²) in [6.45, 7) is 1.02. The highest BCUT2D eigenvalue weighted by molar-refractivity contribution is 6.05. The van der Waals surface area contributed by atoms with Crippen molar-refractivity contribution in [2.24, 2.45) is 0 Å². The number of carbonyl (C=O) groups excluding carboxylic acids is 1. The second-order valence-electron chi connectivity index (χ2n) is 6.00. The smallest absolute Gasteiger partial charge is 0.256 e. The lowest BCUT2D eigenvalue weighted by molar-refractivity contribution is 0.0773. The van der Waals surface area contributed by atoms with E-state index >= 15 is 0 Å². The minimum atomic E-state index is -0.439. The van der Waals surface area contributed by atoms with Crippen molar-refractivity contribution >= 4 is 16.8 Å². The Morgan fingerprint density at radius 1 is 1.24 bits per heavy atom. The first-order valence-electron chi connectivity index (χ1n) is 8.11. The highest BCUT2D eigenvalue weighted by Gasteiger charge is 2.29. The molecule has 1 aromatic carbocycles. The molecular formula is C19H16FN3O2. The molecule has 0 bridgehead atoms. The third-order valence-corrected chi connectivity index (χ3v) is 4.27. The Labute approximate surface area is 144 Å². The molecule has 1 aliphatic heterocycles. The van der Waals surface area contributed by atoms with Crippen LogP contribution in [0.1, 0.15) is 16.8 Å². The number of fused-ring (bicyclic) bond motifs is 1. The van der Waals surface area contributed by atoms with E-state index in [2.05, 4.69) is 9.97 Å². The number of ether oxygens (including phenoxy) is 1. The third kappa shape index (κ3) is 3.15. The number of rotatable bonds is 3. The first-order chi connectivity index (χ1) is 12.2. The van der Waals surface area contributed by atoms with Gasteiger partial charge < -0.3 is 9.64 Å². The van der Waals surface area contributed by atoms with E-state index in [1.54, 1.807) is 41.7 Å².